The highest BCUT2D eigenvalue weighted by Gasteiger charge is 2.11. The van der Waals surface area contributed by atoms with Gasteiger partial charge in [-0.05, 0) is 18.2 Å². The van der Waals surface area contributed by atoms with Gasteiger partial charge in [0, 0.05) is 6.54 Å². The fraction of sp³-hybridized carbons (Fsp3) is 0.200. The van der Waals surface area contributed by atoms with Crippen molar-refractivity contribution >= 4 is 27.7 Å². The third-order valence-corrected chi connectivity index (χ3v) is 2.91. The van der Waals surface area contributed by atoms with Gasteiger partial charge < -0.3 is 15.7 Å². The minimum atomic E-state index is -3.71. The number of carboxylic acids is 1. The number of aromatic carboxylic acids is 1. The molecule has 0 aliphatic heterocycles. The Morgan fingerprint density at radius 3 is 2.55 bits per heavy atom. The number of rotatable bonds is 5. The second-order valence-electron chi connectivity index (χ2n) is 3.75. The highest BCUT2D eigenvalue weighted by molar-refractivity contribution is 7.89. The molecule has 0 bridgehead atoms. The molecule has 0 spiro atoms. The summed E-state index contributed by atoms with van der Waals surface area (Å²) in [4.78, 5) is 22.1. The lowest BCUT2D eigenvalue weighted by Gasteiger charge is -2.08. The van der Waals surface area contributed by atoms with Gasteiger partial charge in [0.25, 0.3) is 0 Å². The minimum Gasteiger partial charge on any atom is -0.478 e. The highest BCUT2D eigenvalue weighted by atomic mass is 32.2. The predicted molar refractivity (Wildman–Crippen MR) is 68.4 cm³/mol. The van der Waals surface area contributed by atoms with Crippen molar-refractivity contribution in [3.63, 3.8) is 0 Å². The van der Waals surface area contributed by atoms with Crippen LogP contribution in [0.15, 0.2) is 18.2 Å². The first kappa shape index (κ1) is 15.9. The number of urea groups is 1. The maximum atomic E-state index is 13.4. The SMILES string of the molecule is NS(=O)(=O)CCNC(=O)Nc1cc(C(=O)O)ccc1F. The first-order chi connectivity index (χ1) is 9.19. The molecule has 0 fully saturated rings. The van der Waals surface area contributed by atoms with E-state index in [0.717, 1.165) is 18.2 Å². The van der Waals surface area contributed by atoms with Gasteiger partial charge in [-0.1, -0.05) is 0 Å². The molecule has 0 saturated carbocycles. The molecular weight excluding hydrogens is 293 g/mol. The van der Waals surface area contributed by atoms with Gasteiger partial charge in [-0.15, -0.1) is 0 Å². The zero-order chi connectivity index (χ0) is 15.3. The summed E-state index contributed by atoms with van der Waals surface area (Å²) in [5.74, 6) is -2.57. The zero-order valence-corrected chi connectivity index (χ0v) is 10.9. The van der Waals surface area contributed by atoms with Gasteiger partial charge in [0.1, 0.15) is 5.82 Å². The van der Waals surface area contributed by atoms with Crippen LogP contribution in [0.5, 0.6) is 0 Å². The van der Waals surface area contributed by atoms with Gasteiger partial charge >= 0.3 is 12.0 Å². The van der Waals surface area contributed by atoms with E-state index in [1.54, 1.807) is 0 Å². The molecule has 1 aromatic rings. The van der Waals surface area contributed by atoms with E-state index in [4.69, 9.17) is 10.2 Å². The molecule has 20 heavy (non-hydrogen) atoms. The summed E-state index contributed by atoms with van der Waals surface area (Å²) in [5.41, 5.74) is -0.538. The van der Waals surface area contributed by atoms with Crippen LogP contribution >= 0.6 is 0 Å². The van der Waals surface area contributed by atoms with Gasteiger partial charge in [0.15, 0.2) is 0 Å². The topological polar surface area (TPSA) is 139 Å². The normalized spacial score (nSPS) is 10.9. The molecule has 8 nitrogen and oxygen atoms in total. The average Bonchev–Trinajstić information content (AvgIpc) is 2.30. The van der Waals surface area contributed by atoms with Crippen molar-refractivity contribution < 1.29 is 27.5 Å². The number of carbonyl (C=O) groups is 2. The number of halogens is 1. The van der Waals surface area contributed by atoms with Gasteiger partial charge in [-0.3, -0.25) is 0 Å². The number of benzene rings is 1. The molecule has 1 aromatic carbocycles. The van der Waals surface area contributed by atoms with Gasteiger partial charge in [0.2, 0.25) is 10.0 Å². The number of carbonyl (C=O) groups excluding carboxylic acids is 1. The van der Waals surface area contributed by atoms with Crippen LogP contribution in [-0.2, 0) is 10.0 Å². The van der Waals surface area contributed by atoms with E-state index < -0.39 is 33.6 Å². The minimum absolute atomic E-state index is 0.203. The molecule has 0 heterocycles. The van der Waals surface area contributed by atoms with Crippen LogP contribution < -0.4 is 15.8 Å². The number of sulfonamides is 1. The van der Waals surface area contributed by atoms with E-state index in [1.165, 1.54) is 0 Å². The average molecular weight is 305 g/mol. The van der Waals surface area contributed by atoms with Crippen LogP contribution in [0.2, 0.25) is 0 Å². The number of primary sulfonamides is 1. The van der Waals surface area contributed by atoms with Crippen LogP contribution in [0, 0.1) is 5.82 Å². The smallest absolute Gasteiger partial charge is 0.335 e. The molecule has 2 amide bonds. The lowest BCUT2D eigenvalue weighted by Crippen LogP contribution is -2.34. The molecule has 110 valence electrons. The molecular formula is C10H12FN3O5S. The number of nitrogens with one attached hydrogen (secondary N) is 2. The van der Waals surface area contributed by atoms with Crippen LogP contribution in [0.25, 0.3) is 0 Å². The third-order valence-electron chi connectivity index (χ3n) is 2.13. The van der Waals surface area contributed by atoms with Crippen LogP contribution in [-0.4, -0.2) is 37.8 Å². The summed E-state index contributed by atoms with van der Waals surface area (Å²) in [7, 11) is -3.71. The number of carboxylic acid groups (broad SMARTS) is 1. The standard InChI is InChI=1S/C10H12FN3O5S/c11-7-2-1-6(9(15)16)5-8(7)14-10(17)13-3-4-20(12,18)19/h1-2,5H,3-4H2,(H,15,16)(H2,12,18,19)(H2,13,14,17). The molecule has 0 aliphatic carbocycles. The molecule has 10 heteroatoms. The summed E-state index contributed by atoms with van der Waals surface area (Å²) in [6.07, 6.45) is 0. The number of anilines is 1. The van der Waals surface area contributed by atoms with E-state index >= 15 is 0 Å². The summed E-state index contributed by atoms with van der Waals surface area (Å²) in [6.45, 7) is -0.259. The molecule has 0 atom stereocenters. The highest BCUT2D eigenvalue weighted by Crippen LogP contribution is 2.16. The van der Waals surface area contributed by atoms with Crippen molar-refractivity contribution in [3.05, 3.63) is 29.6 Å². The Bertz CT molecular complexity index is 632. The molecule has 0 unspecified atom stereocenters. The van der Waals surface area contributed by atoms with E-state index in [1.807, 2.05) is 0 Å². The Kier molecular flexibility index (Phi) is 5.00. The Morgan fingerprint density at radius 2 is 2.00 bits per heavy atom. The van der Waals surface area contributed by atoms with Crippen LogP contribution in [0.3, 0.4) is 0 Å². The predicted octanol–water partition coefficient (Wildman–Crippen LogP) is -0.0661. The quantitative estimate of drug-likeness (QED) is 0.603. The molecule has 5 N–H and O–H groups in total. The van der Waals surface area contributed by atoms with Crippen molar-refractivity contribution in [2.75, 3.05) is 17.6 Å². The van der Waals surface area contributed by atoms with Crippen LogP contribution in [0.1, 0.15) is 10.4 Å². The Morgan fingerprint density at radius 1 is 1.35 bits per heavy atom. The summed E-state index contributed by atoms with van der Waals surface area (Å²) >= 11 is 0. The molecule has 0 saturated heterocycles. The molecule has 0 radical (unpaired) electrons. The maximum absolute atomic E-state index is 13.4. The van der Waals surface area contributed by atoms with E-state index in [2.05, 4.69) is 10.6 Å². The summed E-state index contributed by atoms with van der Waals surface area (Å²) in [6, 6.07) is 2.00. The molecule has 1 rings (SSSR count). The molecule has 0 aromatic heterocycles. The number of nitrogens with two attached hydrogens (primary N) is 1. The Hall–Kier alpha value is -2.20. The fourth-order valence-corrected chi connectivity index (χ4v) is 1.61. The first-order valence-electron chi connectivity index (χ1n) is 5.27. The number of hydrogen-bond donors (Lipinski definition) is 4. The van der Waals surface area contributed by atoms with Crippen molar-refractivity contribution in [2.24, 2.45) is 5.14 Å². The van der Waals surface area contributed by atoms with Gasteiger partial charge in [0.05, 0.1) is 17.0 Å². The molecule has 0 aliphatic rings. The largest absolute Gasteiger partial charge is 0.478 e. The monoisotopic (exact) mass is 305 g/mol. The fourth-order valence-electron chi connectivity index (χ4n) is 1.23. The second-order valence-corrected chi connectivity index (χ2v) is 5.48. The van der Waals surface area contributed by atoms with Crippen molar-refractivity contribution in [2.45, 2.75) is 0 Å². The van der Waals surface area contributed by atoms with Gasteiger partial charge in [-0.25, -0.2) is 27.5 Å². The summed E-state index contributed by atoms with van der Waals surface area (Å²) in [5, 5.41) is 17.7. The zero-order valence-electron chi connectivity index (χ0n) is 10.1. The number of hydrogen-bond acceptors (Lipinski definition) is 4. The Labute approximate surface area is 113 Å². The Balaban J connectivity index is 2.66. The van der Waals surface area contributed by atoms with Crippen molar-refractivity contribution in [1.29, 1.82) is 0 Å². The third kappa shape index (κ3) is 5.20. The number of amides is 2. The van der Waals surface area contributed by atoms with Gasteiger partial charge in [-0.2, -0.15) is 0 Å². The lowest BCUT2D eigenvalue weighted by molar-refractivity contribution is 0.0697. The lowest BCUT2D eigenvalue weighted by atomic mass is 10.2. The van der Waals surface area contributed by atoms with E-state index in [-0.39, 0.29) is 17.8 Å². The first-order valence-corrected chi connectivity index (χ1v) is 6.99. The van der Waals surface area contributed by atoms with E-state index in [0.29, 0.717) is 0 Å². The maximum Gasteiger partial charge on any atom is 0.335 e. The van der Waals surface area contributed by atoms with Crippen molar-refractivity contribution in [1.82, 2.24) is 5.32 Å². The van der Waals surface area contributed by atoms with Crippen molar-refractivity contribution in [3.8, 4) is 0 Å². The van der Waals surface area contributed by atoms with Crippen LogP contribution in [0.4, 0.5) is 14.9 Å². The second kappa shape index (κ2) is 6.30. The summed E-state index contributed by atoms with van der Waals surface area (Å²) < 4.78 is 34.6. The van der Waals surface area contributed by atoms with E-state index in [9.17, 15) is 22.4 Å².